The highest BCUT2D eigenvalue weighted by atomic mass is 32.2. The Bertz CT molecular complexity index is 1250. The second-order valence-electron chi connectivity index (χ2n) is 5.84. The molecule has 10 heteroatoms. The van der Waals surface area contributed by atoms with E-state index < -0.39 is 21.1 Å². The third-order valence-electron chi connectivity index (χ3n) is 4.16. The second-order valence-corrected chi connectivity index (χ2v) is 7.61. The standard InChI is InChI=1S/C17H15N3O6S/c21-16-17(22)20(13-4-2-1-3-12(13)19-16)8-7-18-27(23,24)11-5-6-14-15(9-11)26-10-25-14/h1-6,9,18H,7-8,10H2,(H,19,21). The van der Waals surface area contributed by atoms with Gasteiger partial charge in [-0.2, -0.15) is 0 Å². The van der Waals surface area contributed by atoms with E-state index in [0.29, 0.717) is 22.5 Å². The van der Waals surface area contributed by atoms with Crippen molar-refractivity contribution in [3.8, 4) is 11.5 Å². The number of aromatic nitrogens is 2. The summed E-state index contributed by atoms with van der Waals surface area (Å²) in [6.07, 6.45) is 0. The van der Waals surface area contributed by atoms with Crippen LogP contribution in [-0.4, -0.2) is 31.3 Å². The minimum Gasteiger partial charge on any atom is -0.454 e. The maximum atomic E-state index is 12.5. The predicted octanol–water partition coefficient (Wildman–Crippen LogP) is 0.397. The Labute approximate surface area is 153 Å². The van der Waals surface area contributed by atoms with Gasteiger partial charge in [0.05, 0.1) is 15.9 Å². The van der Waals surface area contributed by atoms with Crippen LogP contribution in [0.25, 0.3) is 11.0 Å². The Hall–Kier alpha value is -3.11. The maximum absolute atomic E-state index is 12.5. The van der Waals surface area contributed by atoms with Crippen molar-refractivity contribution in [2.24, 2.45) is 0 Å². The number of sulfonamides is 1. The average Bonchev–Trinajstić information content (AvgIpc) is 3.12. The number of rotatable bonds is 5. The summed E-state index contributed by atoms with van der Waals surface area (Å²) in [5.74, 6) is 0.838. The lowest BCUT2D eigenvalue weighted by Crippen LogP contribution is -2.39. The van der Waals surface area contributed by atoms with Gasteiger partial charge in [0.2, 0.25) is 16.8 Å². The zero-order valence-electron chi connectivity index (χ0n) is 14.0. The summed E-state index contributed by atoms with van der Waals surface area (Å²) in [4.78, 5) is 26.5. The Morgan fingerprint density at radius 3 is 2.70 bits per heavy atom. The Kier molecular flexibility index (Phi) is 4.21. The monoisotopic (exact) mass is 389 g/mol. The van der Waals surface area contributed by atoms with Crippen molar-refractivity contribution in [1.29, 1.82) is 0 Å². The van der Waals surface area contributed by atoms with Crippen LogP contribution in [0, 0.1) is 0 Å². The molecule has 2 N–H and O–H groups in total. The third-order valence-corrected chi connectivity index (χ3v) is 5.62. The fraction of sp³-hybridized carbons (Fsp3) is 0.176. The number of nitrogens with zero attached hydrogens (tertiary/aromatic N) is 1. The normalized spacial score (nSPS) is 13.2. The molecule has 0 saturated carbocycles. The molecule has 0 aliphatic carbocycles. The molecular formula is C17H15N3O6S. The molecule has 0 saturated heterocycles. The van der Waals surface area contributed by atoms with Gasteiger partial charge in [0.15, 0.2) is 11.5 Å². The van der Waals surface area contributed by atoms with Gasteiger partial charge in [0.25, 0.3) is 0 Å². The number of para-hydroxylation sites is 2. The lowest BCUT2D eigenvalue weighted by atomic mass is 10.3. The van der Waals surface area contributed by atoms with Crippen LogP contribution in [0.3, 0.4) is 0 Å². The summed E-state index contributed by atoms with van der Waals surface area (Å²) in [5, 5.41) is 0. The topological polar surface area (TPSA) is 119 Å². The van der Waals surface area contributed by atoms with Gasteiger partial charge in [0.1, 0.15) is 0 Å². The van der Waals surface area contributed by atoms with Crippen molar-refractivity contribution in [2.45, 2.75) is 11.4 Å². The molecule has 0 atom stereocenters. The highest BCUT2D eigenvalue weighted by Crippen LogP contribution is 2.33. The molecule has 1 aliphatic rings. The molecule has 0 amide bonds. The quantitative estimate of drug-likeness (QED) is 0.610. The molecule has 3 aromatic rings. The molecule has 0 unspecified atom stereocenters. The average molecular weight is 389 g/mol. The Balaban J connectivity index is 1.56. The molecule has 27 heavy (non-hydrogen) atoms. The van der Waals surface area contributed by atoms with E-state index in [-0.39, 0.29) is 24.8 Å². The lowest BCUT2D eigenvalue weighted by Gasteiger charge is -2.11. The van der Waals surface area contributed by atoms with E-state index in [4.69, 9.17) is 9.47 Å². The number of aromatic amines is 1. The van der Waals surface area contributed by atoms with Gasteiger partial charge in [-0.3, -0.25) is 9.59 Å². The number of H-pyrrole nitrogens is 1. The first-order valence-corrected chi connectivity index (χ1v) is 9.55. The van der Waals surface area contributed by atoms with Gasteiger partial charge in [-0.05, 0) is 24.3 Å². The van der Waals surface area contributed by atoms with E-state index in [1.54, 1.807) is 24.3 Å². The van der Waals surface area contributed by atoms with Gasteiger partial charge >= 0.3 is 11.1 Å². The van der Waals surface area contributed by atoms with Crippen LogP contribution in [0.15, 0.2) is 56.9 Å². The predicted molar refractivity (Wildman–Crippen MR) is 96.6 cm³/mol. The van der Waals surface area contributed by atoms with Gasteiger partial charge in [0, 0.05) is 19.2 Å². The van der Waals surface area contributed by atoms with E-state index >= 15 is 0 Å². The van der Waals surface area contributed by atoms with E-state index in [2.05, 4.69) is 9.71 Å². The Morgan fingerprint density at radius 2 is 1.85 bits per heavy atom. The minimum absolute atomic E-state index is 0.00699. The highest BCUT2D eigenvalue weighted by molar-refractivity contribution is 7.89. The number of nitrogens with one attached hydrogen (secondary N) is 2. The first kappa shape index (κ1) is 17.3. The molecule has 0 spiro atoms. The number of benzene rings is 2. The zero-order chi connectivity index (χ0) is 19.0. The van der Waals surface area contributed by atoms with Crippen LogP contribution in [0.1, 0.15) is 0 Å². The molecule has 140 valence electrons. The molecule has 9 nitrogen and oxygen atoms in total. The van der Waals surface area contributed by atoms with E-state index in [9.17, 15) is 18.0 Å². The van der Waals surface area contributed by atoms with Gasteiger partial charge < -0.3 is 19.0 Å². The van der Waals surface area contributed by atoms with Crippen molar-refractivity contribution in [3.63, 3.8) is 0 Å². The van der Waals surface area contributed by atoms with Crippen LogP contribution in [0.2, 0.25) is 0 Å². The lowest BCUT2D eigenvalue weighted by molar-refractivity contribution is 0.174. The molecule has 0 fully saturated rings. The summed E-state index contributed by atoms with van der Waals surface area (Å²) in [5.41, 5.74) is -0.478. The van der Waals surface area contributed by atoms with Crippen LogP contribution >= 0.6 is 0 Å². The van der Waals surface area contributed by atoms with Crippen molar-refractivity contribution in [2.75, 3.05) is 13.3 Å². The van der Waals surface area contributed by atoms with Crippen molar-refractivity contribution >= 4 is 21.1 Å². The smallest absolute Gasteiger partial charge is 0.316 e. The maximum Gasteiger partial charge on any atom is 0.316 e. The number of ether oxygens (including phenoxy) is 2. The summed E-state index contributed by atoms with van der Waals surface area (Å²) in [6, 6.07) is 11.1. The number of hydrogen-bond acceptors (Lipinski definition) is 6. The molecule has 2 heterocycles. The number of fused-ring (bicyclic) bond motifs is 2. The third kappa shape index (κ3) is 3.20. The van der Waals surface area contributed by atoms with Crippen molar-refractivity contribution in [1.82, 2.24) is 14.3 Å². The van der Waals surface area contributed by atoms with E-state index in [0.717, 1.165) is 0 Å². The van der Waals surface area contributed by atoms with Gasteiger partial charge in [-0.25, -0.2) is 13.1 Å². The molecule has 4 rings (SSSR count). The summed E-state index contributed by atoms with van der Waals surface area (Å²) >= 11 is 0. The summed E-state index contributed by atoms with van der Waals surface area (Å²) < 4.78 is 39.0. The van der Waals surface area contributed by atoms with Crippen LogP contribution in [0.5, 0.6) is 11.5 Å². The minimum atomic E-state index is -3.82. The molecule has 0 radical (unpaired) electrons. The molecule has 1 aromatic heterocycles. The molecular weight excluding hydrogens is 374 g/mol. The molecule has 2 aromatic carbocycles. The highest BCUT2D eigenvalue weighted by Gasteiger charge is 2.20. The SMILES string of the molecule is O=c1[nH]c2ccccc2n(CCNS(=O)(=O)c2ccc3c(c2)OCO3)c1=O. The first-order chi connectivity index (χ1) is 13.0. The zero-order valence-corrected chi connectivity index (χ0v) is 14.8. The second kappa shape index (κ2) is 6.56. The van der Waals surface area contributed by atoms with Crippen molar-refractivity contribution in [3.05, 3.63) is 63.2 Å². The summed E-state index contributed by atoms with van der Waals surface area (Å²) in [6.45, 7) is -0.0119. The Morgan fingerprint density at radius 1 is 1.07 bits per heavy atom. The molecule has 1 aliphatic heterocycles. The van der Waals surface area contributed by atoms with E-state index in [1.807, 2.05) is 0 Å². The summed E-state index contributed by atoms with van der Waals surface area (Å²) in [7, 11) is -3.82. The van der Waals surface area contributed by atoms with Crippen molar-refractivity contribution < 1.29 is 17.9 Å². The van der Waals surface area contributed by atoms with Gasteiger partial charge in [-0.1, -0.05) is 12.1 Å². The number of hydrogen-bond donors (Lipinski definition) is 2. The largest absolute Gasteiger partial charge is 0.454 e. The fourth-order valence-corrected chi connectivity index (χ4v) is 3.90. The van der Waals surface area contributed by atoms with Gasteiger partial charge in [-0.15, -0.1) is 0 Å². The van der Waals surface area contributed by atoms with Crippen LogP contribution in [-0.2, 0) is 16.6 Å². The van der Waals surface area contributed by atoms with E-state index in [1.165, 1.54) is 22.8 Å². The fourth-order valence-electron chi connectivity index (χ4n) is 2.86. The van der Waals surface area contributed by atoms with Crippen LogP contribution in [0.4, 0.5) is 0 Å². The molecule has 0 bridgehead atoms. The first-order valence-electron chi connectivity index (χ1n) is 8.07. The van der Waals surface area contributed by atoms with Crippen LogP contribution < -0.4 is 25.3 Å².